The summed E-state index contributed by atoms with van der Waals surface area (Å²) < 4.78 is 1.90. The van der Waals surface area contributed by atoms with Crippen LogP contribution in [0.3, 0.4) is 0 Å². The van der Waals surface area contributed by atoms with E-state index in [9.17, 15) is 9.59 Å². The van der Waals surface area contributed by atoms with Gasteiger partial charge >= 0.3 is 5.97 Å². The average Bonchev–Trinajstić information content (AvgIpc) is 2.78. The number of aromatic nitrogens is 1. The van der Waals surface area contributed by atoms with Crippen LogP contribution in [0, 0.1) is 0 Å². The summed E-state index contributed by atoms with van der Waals surface area (Å²) in [5, 5.41) is 12.7. The second-order valence-corrected chi connectivity index (χ2v) is 5.02. The summed E-state index contributed by atoms with van der Waals surface area (Å²) in [6.07, 6.45) is 2.19. The SMILES string of the molecule is CC(C)NC(=O)CCn1ccc2c(C(=O)O)cccc21. The van der Waals surface area contributed by atoms with Crippen molar-refractivity contribution in [2.45, 2.75) is 32.9 Å². The van der Waals surface area contributed by atoms with E-state index >= 15 is 0 Å². The lowest BCUT2D eigenvalue weighted by molar-refractivity contribution is -0.121. The highest BCUT2D eigenvalue weighted by atomic mass is 16.4. The van der Waals surface area contributed by atoms with Gasteiger partial charge in [0.05, 0.1) is 5.56 Å². The van der Waals surface area contributed by atoms with Crippen molar-refractivity contribution in [1.82, 2.24) is 9.88 Å². The zero-order chi connectivity index (χ0) is 14.7. The molecule has 0 atom stereocenters. The third-order valence-corrected chi connectivity index (χ3v) is 3.07. The number of aromatic carboxylic acids is 1. The molecular weight excluding hydrogens is 256 g/mol. The van der Waals surface area contributed by atoms with Crippen LogP contribution in [0.5, 0.6) is 0 Å². The molecular formula is C15H18N2O3. The van der Waals surface area contributed by atoms with E-state index in [0.717, 1.165) is 5.52 Å². The summed E-state index contributed by atoms with van der Waals surface area (Å²) in [5.41, 5.74) is 1.12. The molecule has 106 valence electrons. The smallest absolute Gasteiger partial charge is 0.336 e. The van der Waals surface area contributed by atoms with Gasteiger partial charge in [0.1, 0.15) is 0 Å². The molecule has 0 radical (unpaired) electrons. The van der Waals surface area contributed by atoms with Crippen molar-refractivity contribution in [3.63, 3.8) is 0 Å². The number of hydrogen-bond acceptors (Lipinski definition) is 2. The van der Waals surface area contributed by atoms with Gasteiger partial charge in [-0.15, -0.1) is 0 Å². The largest absolute Gasteiger partial charge is 0.478 e. The Morgan fingerprint density at radius 2 is 2.05 bits per heavy atom. The van der Waals surface area contributed by atoms with Crippen molar-refractivity contribution in [2.75, 3.05) is 0 Å². The first-order chi connectivity index (χ1) is 9.49. The average molecular weight is 274 g/mol. The second kappa shape index (κ2) is 5.77. The highest BCUT2D eigenvalue weighted by Crippen LogP contribution is 2.20. The van der Waals surface area contributed by atoms with E-state index in [1.165, 1.54) is 0 Å². The van der Waals surface area contributed by atoms with E-state index in [-0.39, 0.29) is 17.5 Å². The molecule has 0 aliphatic heterocycles. The number of fused-ring (bicyclic) bond motifs is 1. The van der Waals surface area contributed by atoms with E-state index in [1.807, 2.05) is 30.7 Å². The fourth-order valence-corrected chi connectivity index (χ4v) is 2.22. The molecule has 0 aliphatic carbocycles. The number of hydrogen-bond donors (Lipinski definition) is 2. The number of carbonyl (C=O) groups excluding carboxylic acids is 1. The monoisotopic (exact) mass is 274 g/mol. The molecule has 1 aromatic heterocycles. The zero-order valence-electron chi connectivity index (χ0n) is 11.6. The Balaban J connectivity index is 2.18. The van der Waals surface area contributed by atoms with Crippen molar-refractivity contribution in [1.29, 1.82) is 0 Å². The summed E-state index contributed by atoms with van der Waals surface area (Å²) in [5.74, 6) is -0.942. The lowest BCUT2D eigenvalue weighted by Gasteiger charge is -2.09. The van der Waals surface area contributed by atoms with Crippen molar-refractivity contribution < 1.29 is 14.7 Å². The van der Waals surface area contributed by atoms with Crippen LogP contribution in [0.2, 0.25) is 0 Å². The number of rotatable bonds is 5. The number of aryl methyl sites for hydroxylation is 1. The molecule has 0 aliphatic rings. The first kappa shape index (κ1) is 14.1. The maximum Gasteiger partial charge on any atom is 0.336 e. The maximum absolute atomic E-state index is 11.6. The number of benzene rings is 1. The quantitative estimate of drug-likeness (QED) is 0.878. The molecule has 0 unspecified atom stereocenters. The lowest BCUT2D eigenvalue weighted by Crippen LogP contribution is -2.30. The van der Waals surface area contributed by atoms with Gasteiger partial charge in [0.15, 0.2) is 0 Å². The maximum atomic E-state index is 11.6. The number of carboxylic acid groups (broad SMARTS) is 1. The summed E-state index contributed by atoms with van der Waals surface area (Å²) >= 11 is 0. The van der Waals surface area contributed by atoms with Gasteiger partial charge in [0.25, 0.3) is 0 Å². The van der Waals surface area contributed by atoms with Gasteiger partial charge in [0, 0.05) is 36.1 Å². The molecule has 1 aromatic carbocycles. The summed E-state index contributed by atoms with van der Waals surface area (Å²) in [4.78, 5) is 22.8. The van der Waals surface area contributed by atoms with E-state index in [2.05, 4.69) is 5.32 Å². The van der Waals surface area contributed by atoms with Gasteiger partial charge in [-0.3, -0.25) is 4.79 Å². The first-order valence-electron chi connectivity index (χ1n) is 6.59. The Hall–Kier alpha value is -2.30. The molecule has 5 heteroatoms. The molecule has 2 aromatic rings. The van der Waals surface area contributed by atoms with Crippen LogP contribution in [0.25, 0.3) is 10.9 Å². The summed E-state index contributed by atoms with van der Waals surface area (Å²) in [6.45, 7) is 4.37. The van der Waals surface area contributed by atoms with Gasteiger partial charge in [0.2, 0.25) is 5.91 Å². The minimum absolute atomic E-state index is 0.00348. The van der Waals surface area contributed by atoms with Gasteiger partial charge in [-0.25, -0.2) is 4.79 Å². The second-order valence-electron chi connectivity index (χ2n) is 5.02. The summed E-state index contributed by atoms with van der Waals surface area (Å²) in [6, 6.07) is 7.07. The predicted molar refractivity (Wildman–Crippen MR) is 76.8 cm³/mol. The Labute approximate surface area is 117 Å². The number of amides is 1. The van der Waals surface area contributed by atoms with Crippen LogP contribution < -0.4 is 5.32 Å². The lowest BCUT2D eigenvalue weighted by atomic mass is 10.1. The van der Waals surface area contributed by atoms with Crippen molar-refractivity contribution in [3.8, 4) is 0 Å². The fourth-order valence-electron chi connectivity index (χ4n) is 2.22. The van der Waals surface area contributed by atoms with Gasteiger partial charge < -0.3 is 15.0 Å². The molecule has 1 heterocycles. The van der Waals surface area contributed by atoms with Crippen molar-refractivity contribution in [3.05, 3.63) is 36.0 Å². The normalized spacial score (nSPS) is 10.9. The van der Waals surface area contributed by atoms with Gasteiger partial charge in [-0.2, -0.15) is 0 Å². The third kappa shape index (κ3) is 2.99. The van der Waals surface area contributed by atoms with E-state index in [4.69, 9.17) is 5.11 Å². The Morgan fingerprint density at radius 3 is 2.70 bits per heavy atom. The van der Waals surface area contributed by atoms with E-state index in [1.54, 1.807) is 18.2 Å². The molecule has 2 N–H and O–H groups in total. The number of carbonyl (C=O) groups is 2. The highest BCUT2D eigenvalue weighted by Gasteiger charge is 2.11. The summed E-state index contributed by atoms with van der Waals surface area (Å²) in [7, 11) is 0. The molecule has 0 saturated heterocycles. The molecule has 0 spiro atoms. The minimum atomic E-state index is -0.939. The van der Waals surface area contributed by atoms with Crippen molar-refractivity contribution in [2.24, 2.45) is 0 Å². The Bertz CT molecular complexity index is 644. The first-order valence-corrected chi connectivity index (χ1v) is 6.59. The molecule has 0 bridgehead atoms. The Kier molecular flexibility index (Phi) is 4.08. The van der Waals surface area contributed by atoms with Gasteiger partial charge in [-0.1, -0.05) is 6.07 Å². The third-order valence-electron chi connectivity index (χ3n) is 3.07. The van der Waals surface area contributed by atoms with Crippen LogP contribution in [0.1, 0.15) is 30.6 Å². The van der Waals surface area contributed by atoms with Crippen LogP contribution in [0.15, 0.2) is 30.5 Å². The van der Waals surface area contributed by atoms with E-state index in [0.29, 0.717) is 18.4 Å². The van der Waals surface area contributed by atoms with Crippen LogP contribution >= 0.6 is 0 Å². The predicted octanol–water partition coefficient (Wildman–Crippen LogP) is 2.25. The molecule has 0 fully saturated rings. The molecule has 0 saturated carbocycles. The Morgan fingerprint density at radius 1 is 1.30 bits per heavy atom. The molecule has 5 nitrogen and oxygen atoms in total. The fraction of sp³-hybridized carbons (Fsp3) is 0.333. The van der Waals surface area contributed by atoms with Gasteiger partial charge in [-0.05, 0) is 32.0 Å². The van der Waals surface area contributed by atoms with Crippen LogP contribution in [0.4, 0.5) is 0 Å². The topological polar surface area (TPSA) is 71.3 Å². The highest BCUT2D eigenvalue weighted by molar-refractivity contribution is 6.03. The number of carboxylic acids is 1. The zero-order valence-corrected chi connectivity index (χ0v) is 11.6. The molecule has 2 rings (SSSR count). The number of nitrogens with zero attached hydrogens (tertiary/aromatic N) is 1. The van der Waals surface area contributed by atoms with Crippen molar-refractivity contribution >= 4 is 22.8 Å². The molecule has 20 heavy (non-hydrogen) atoms. The van der Waals surface area contributed by atoms with Crippen LogP contribution in [-0.2, 0) is 11.3 Å². The van der Waals surface area contributed by atoms with Crippen LogP contribution in [-0.4, -0.2) is 27.6 Å². The van der Waals surface area contributed by atoms with E-state index < -0.39 is 5.97 Å². The minimum Gasteiger partial charge on any atom is -0.478 e. The number of nitrogens with one attached hydrogen (secondary N) is 1. The molecule has 1 amide bonds. The standard InChI is InChI=1S/C15H18N2O3/c1-10(2)16-14(18)7-9-17-8-6-11-12(15(19)20)4-3-5-13(11)17/h3-6,8,10H,7,9H2,1-2H3,(H,16,18)(H,19,20).